The van der Waals surface area contributed by atoms with Crippen molar-refractivity contribution >= 4 is 25.8 Å². The zero-order valence-corrected chi connectivity index (χ0v) is 11.5. The number of hydrogen-bond donors (Lipinski definition) is 0. The van der Waals surface area contributed by atoms with Gasteiger partial charge in [0.15, 0.2) is 0 Å². The number of halogens is 1. The van der Waals surface area contributed by atoms with Crippen LogP contribution in [0.2, 0.25) is 0 Å². The lowest BCUT2D eigenvalue weighted by Gasteiger charge is -2.21. The Kier molecular flexibility index (Phi) is 6.28. The van der Waals surface area contributed by atoms with Crippen molar-refractivity contribution < 1.29 is 4.52 Å². The summed E-state index contributed by atoms with van der Waals surface area (Å²) in [5.74, 6) is 1.02. The second-order valence-corrected chi connectivity index (χ2v) is 5.12. The average Bonchev–Trinajstić information content (AvgIpc) is 2.29. The molecule has 1 aliphatic carbocycles. The molecule has 1 aliphatic rings. The van der Waals surface area contributed by atoms with Crippen molar-refractivity contribution in [3.8, 4) is 5.75 Å². The van der Waals surface area contributed by atoms with Gasteiger partial charge in [-0.05, 0) is 25.0 Å². The topological polar surface area (TPSA) is 9.23 Å². The molecule has 0 aliphatic heterocycles. The fourth-order valence-electron chi connectivity index (χ4n) is 1.86. The number of hydrogen-bond acceptors (Lipinski definition) is 1. The first-order valence-corrected chi connectivity index (χ1v) is 6.41. The van der Waals surface area contributed by atoms with E-state index in [-0.39, 0.29) is 17.0 Å². The van der Waals surface area contributed by atoms with Crippen molar-refractivity contribution in [3.05, 3.63) is 30.3 Å². The Morgan fingerprint density at radius 3 is 2.33 bits per heavy atom. The number of para-hydroxylation sites is 1. The molecule has 1 nitrogen and oxygen atoms in total. The predicted molar refractivity (Wildman–Crippen MR) is 72.6 cm³/mol. The van der Waals surface area contributed by atoms with E-state index in [4.69, 9.17) is 4.52 Å². The number of benzene rings is 1. The van der Waals surface area contributed by atoms with Crippen LogP contribution in [0.4, 0.5) is 0 Å². The predicted octanol–water partition coefficient (Wildman–Crippen LogP) is 4.57. The van der Waals surface area contributed by atoms with Crippen molar-refractivity contribution in [1.29, 1.82) is 0 Å². The van der Waals surface area contributed by atoms with Crippen LogP contribution in [-0.2, 0) is 0 Å². The van der Waals surface area contributed by atoms with Crippen LogP contribution in [-0.4, -0.2) is 5.66 Å². The van der Waals surface area contributed by atoms with Gasteiger partial charge in [0.1, 0.15) is 5.75 Å². The highest BCUT2D eigenvalue weighted by Gasteiger charge is 2.14. The third-order valence-corrected chi connectivity index (χ3v) is 3.96. The smallest absolute Gasteiger partial charge is 0.122 e. The molecule has 1 aromatic rings. The van der Waals surface area contributed by atoms with E-state index < -0.39 is 0 Å². The minimum Gasteiger partial charge on any atom is -0.477 e. The zero-order valence-electron chi connectivity index (χ0n) is 8.82. The highest BCUT2D eigenvalue weighted by molar-refractivity contribution is 8.93. The van der Waals surface area contributed by atoms with Crippen LogP contribution >= 0.6 is 25.8 Å². The van der Waals surface area contributed by atoms with Gasteiger partial charge in [-0.1, -0.05) is 37.5 Å². The van der Waals surface area contributed by atoms with Crippen LogP contribution in [0.5, 0.6) is 5.75 Å². The lowest BCUT2D eigenvalue weighted by molar-refractivity contribution is 0.494. The summed E-state index contributed by atoms with van der Waals surface area (Å²) in [7, 11) is 0.659. The molecule has 0 N–H and O–H groups in total. The van der Waals surface area contributed by atoms with Gasteiger partial charge in [0, 0.05) is 5.66 Å². The fraction of sp³-hybridized carbons (Fsp3) is 0.500. The van der Waals surface area contributed by atoms with Crippen LogP contribution in [0.3, 0.4) is 0 Å². The third-order valence-electron chi connectivity index (χ3n) is 2.69. The Hall–Kier alpha value is -0.0700. The minimum absolute atomic E-state index is 0. The third kappa shape index (κ3) is 4.53. The van der Waals surface area contributed by atoms with Crippen LogP contribution < -0.4 is 4.52 Å². The van der Waals surface area contributed by atoms with Crippen LogP contribution in [0, 0.1) is 0 Å². The van der Waals surface area contributed by atoms with Crippen molar-refractivity contribution in [3.63, 3.8) is 0 Å². The van der Waals surface area contributed by atoms with Gasteiger partial charge in [-0.2, -0.15) is 0 Å². The van der Waals surface area contributed by atoms with E-state index in [1.165, 1.54) is 32.1 Å². The summed E-state index contributed by atoms with van der Waals surface area (Å²) in [4.78, 5) is 0. The van der Waals surface area contributed by atoms with Gasteiger partial charge in [-0.15, -0.1) is 17.0 Å². The molecule has 3 heteroatoms. The lowest BCUT2D eigenvalue weighted by atomic mass is 10.0. The summed E-state index contributed by atoms with van der Waals surface area (Å²) in [5.41, 5.74) is 0.823. The molecule has 2 rings (SSSR count). The van der Waals surface area contributed by atoms with Crippen molar-refractivity contribution in [2.24, 2.45) is 0 Å². The summed E-state index contributed by atoms with van der Waals surface area (Å²) in [5, 5.41) is 0. The maximum absolute atomic E-state index is 5.77. The Bertz CT molecular complexity index is 260. The molecule has 84 valence electrons. The molecule has 1 saturated carbocycles. The van der Waals surface area contributed by atoms with Crippen molar-refractivity contribution in [1.82, 2.24) is 0 Å². The standard InChI is InChI=1S/C12H17OP.BrH/c1-3-7-11(8-4-1)13-14-12-9-5-2-6-10-12;/h1,3-4,7-8,12,14H,2,5-6,9-10H2;1H. The Morgan fingerprint density at radius 2 is 1.67 bits per heavy atom. The summed E-state index contributed by atoms with van der Waals surface area (Å²) in [6, 6.07) is 10.2. The summed E-state index contributed by atoms with van der Waals surface area (Å²) >= 11 is 0. The summed E-state index contributed by atoms with van der Waals surface area (Å²) in [6.45, 7) is 0. The summed E-state index contributed by atoms with van der Waals surface area (Å²) in [6.07, 6.45) is 6.95. The monoisotopic (exact) mass is 288 g/mol. The molecule has 0 radical (unpaired) electrons. The first kappa shape index (κ1) is 13.0. The molecule has 1 atom stereocenters. The Balaban J connectivity index is 0.00000112. The molecule has 0 bridgehead atoms. The maximum atomic E-state index is 5.77. The van der Waals surface area contributed by atoms with Gasteiger partial charge < -0.3 is 4.52 Å². The van der Waals surface area contributed by atoms with Gasteiger partial charge >= 0.3 is 0 Å². The van der Waals surface area contributed by atoms with E-state index in [0.717, 1.165) is 11.4 Å². The molecule has 1 fully saturated rings. The molecule has 1 unspecified atom stereocenters. The second kappa shape index (κ2) is 7.24. The van der Waals surface area contributed by atoms with Crippen molar-refractivity contribution in [2.75, 3.05) is 0 Å². The van der Waals surface area contributed by atoms with Gasteiger partial charge in [0.25, 0.3) is 0 Å². The fourth-order valence-corrected chi connectivity index (χ4v) is 2.94. The van der Waals surface area contributed by atoms with Crippen LogP contribution in [0.1, 0.15) is 32.1 Å². The molecule has 0 spiro atoms. The average molecular weight is 289 g/mol. The van der Waals surface area contributed by atoms with Gasteiger partial charge in [0.2, 0.25) is 0 Å². The number of rotatable bonds is 3. The Morgan fingerprint density at radius 1 is 1.00 bits per heavy atom. The van der Waals surface area contributed by atoms with E-state index in [9.17, 15) is 0 Å². The molecular weight excluding hydrogens is 271 g/mol. The summed E-state index contributed by atoms with van der Waals surface area (Å²) < 4.78 is 5.77. The van der Waals surface area contributed by atoms with E-state index in [0.29, 0.717) is 8.81 Å². The highest BCUT2D eigenvalue weighted by atomic mass is 79.9. The quantitative estimate of drug-likeness (QED) is 0.741. The van der Waals surface area contributed by atoms with Gasteiger partial charge in [-0.3, -0.25) is 0 Å². The van der Waals surface area contributed by atoms with E-state index >= 15 is 0 Å². The zero-order chi connectivity index (χ0) is 9.64. The lowest BCUT2D eigenvalue weighted by Crippen LogP contribution is -2.07. The van der Waals surface area contributed by atoms with E-state index in [1.54, 1.807) is 0 Å². The molecule has 0 saturated heterocycles. The molecular formula is C12H18BrOP. The second-order valence-electron chi connectivity index (χ2n) is 3.87. The van der Waals surface area contributed by atoms with Gasteiger partial charge in [0.05, 0.1) is 8.81 Å². The molecule has 0 amide bonds. The van der Waals surface area contributed by atoms with Crippen LogP contribution in [0.15, 0.2) is 30.3 Å². The molecule has 0 aromatic heterocycles. The maximum Gasteiger partial charge on any atom is 0.122 e. The minimum atomic E-state index is 0. The highest BCUT2D eigenvalue weighted by Crippen LogP contribution is 2.34. The van der Waals surface area contributed by atoms with Gasteiger partial charge in [-0.25, -0.2) is 0 Å². The first-order chi connectivity index (χ1) is 6.95. The first-order valence-electron chi connectivity index (χ1n) is 5.42. The SMILES string of the molecule is Br.c1ccc(OPC2CCCCC2)cc1. The molecule has 0 heterocycles. The van der Waals surface area contributed by atoms with Crippen LogP contribution in [0.25, 0.3) is 0 Å². The Labute approximate surface area is 104 Å². The largest absolute Gasteiger partial charge is 0.477 e. The molecule has 1 aromatic carbocycles. The van der Waals surface area contributed by atoms with E-state index in [2.05, 4.69) is 0 Å². The molecule has 15 heavy (non-hydrogen) atoms. The normalized spacial score (nSPS) is 17.6. The van der Waals surface area contributed by atoms with Crippen molar-refractivity contribution in [2.45, 2.75) is 37.8 Å². The van der Waals surface area contributed by atoms with E-state index in [1.807, 2.05) is 30.3 Å².